The topological polar surface area (TPSA) is 41.1 Å². The van der Waals surface area contributed by atoms with Crippen molar-refractivity contribution in [1.82, 2.24) is 10.6 Å². The molecule has 0 bridgehead atoms. The lowest BCUT2D eigenvalue weighted by Gasteiger charge is -2.34. The monoisotopic (exact) mass is 168 g/mol. The van der Waals surface area contributed by atoms with Gasteiger partial charge in [-0.05, 0) is 24.7 Å². The Bertz CT molecular complexity index is 205. The predicted octanol–water partition coefficient (Wildman–Crippen LogP) is 1.10. The molecule has 0 radical (unpaired) electrons. The number of hydrogen-bond donors (Lipinski definition) is 2. The fourth-order valence-corrected chi connectivity index (χ4v) is 2.36. The van der Waals surface area contributed by atoms with Gasteiger partial charge in [0.05, 0.1) is 12.1 Å². The predicted molar refractivity (Wildman–Crippen MR) is 46.8 cm³/mol. The molecule has 2 aliphatic rings. The molecular weight excluding hydrogens is 152 g/mol. The molecule has 3 nitrogen and oxygen atoms in total. The Morgan fingerprint density at radius 3 is 2.75 bits per heavy atom. The summed E-state index contributed by atoms with van der Waals surface area (Å²) in [6.07, 6.45) is 2.37. The SMILES string of the molecule is CC1CCC2NC(=O)NC2C1C. The summed E-state index contributed by atoms with van der Waals surface area (Å²) in [6.45, 7) is 4.50. The molecule has 4 atom stereocenters. The van der Waals surface area contributed by atoms with E-state index in [1.165, 1.54) is 6.42 Å². The van der Waals surface area contributed by atoms with Crippen molar-refractivity contribution in [3.8, 4) is 0 Å². The maximum Gasteiger partial charge on any atom is 0.315 e. The van der Waals surface area contributed by atoms with Gasteiger partial charge in [0.1, 0.15) is 0 Å². The van der Waals surface area contributed by atoms with E-state index in [4.69, 9.17) is 0 Å². The summed E-state index contributed by atoms with van der Waals surface area (Å²) >= 11 is 0. The van der Waals surface area contributed by atoms with Crippen molar-refractivity contribution in [2.45, 2.75) is 38.8 Å². The van der Waals surface area contributed by atoms with Crippen molar-refractivity contribution < 1.29 is 4.79 Å². The minimum atomic E-state index is 0.0194. The second kappa shape index (κ2) is 2.64. The van der Waals surface area contributed by atoms with E-state index in [0.29, 0.717) is 18.0 Å². The lowest BCUT2D eigenvalue weighted by Crippen LogP contribution is -2.45. The zero-order valence-corrected chi connectivity index (χ0v) is 7.63. The van der Waals surface area contributed by atoms with E-state index in [-0.39, 0.29) is 6.03 Å². The highest BCUT2D eigenvalue weighted by molar-refractivity contribution is 5.77. The van der Waals surface area contributed by atoms with Crippen LogP contribution in [0.3, 0.4) is 0 Å². The summed E-state index contributed by atoms with van der Waals surface area (Å²) in [5, 5.41) is 5.94. The molecule has 0 aromatic carbocycles. The normalized spacial score (nSPS) is 46.3. The summed E-state index contributed by atoms with van der Waals surface area (Å²) < 4.78 is 0. The Kier molecular flexibility index (Phi) is 1.74. The third-order valence-electron chi connectivity index (χ3n) is 3.44. The molecule has 0 spiro atoms. The fourth-order valence-electron chi connectivity index (χ4n) is 2.36. The van der Waals surface area contributed by atoms with Crippen molar-refractivity contribution in [3.05, 3.63) is 0 Å². The van der Waals surface area contributed by atoms with Crippen LogP contribution in [0, 0.1) is 11.8 Å². The number of carbonyl (C=O) groups excluding carboxylic acids is 1. The first-order chi connectivity index (χ1) is 5.68. The summed E-state index contributed by atoms with van der Waals surface area (Å²) in [6, 6.07) is 0.788. The fraction of sp³-hybridized carbons (Fsp3) is 0.889. The molecule has 0 aromatic rings. The van der Waals surface area contributed by atoms with Crippen molar-refractivity contribution >= 4 is 6.03 Å². The zero-order chi connectivity index (χ0) is 8.72. The van der Waals surface area contributed by atoms with Crippen LogP contribution in [0.4, 0.5) is 4.79 Å². The average molecular weight is 168 g/mol. The molecule has 2 rings (SSSR count). The van der Waals surface area contributed by atoms with Gasteiger partial charge in [0.25, 0.3) is 0 Å². The van der Waals surface area contributed by atoms with Crippen LogP contribution in [0.5, 0.6) is 0 Å². The second-order valence-corrected chi connectivity index (χ2v) is 4.16. The molecule has 0 aromatic heterocycles. The van der Waals surface area contributed by atoms with Gasteiger partial charge in [0.2, 0.25) is 0 Å². The van der Waals surface area contributed by atoms with Crippen LogP contribution in [-0.2, 0) is 0 Å². The summed E-state index contributed by atoms with van der Waals surface area (Å²) in [5.74, 6) is 1.36. The van der Waals surface area contributed by atoms with Crippen LogP contribution in [-0.4, -0.2) is 18.1 Å². The molecule has 1 aliphatic heterocycles. The van der Waals surface area contributed by atoms with Gasteiger partial charge < -0.3 is 10.6 Å². The Balaban J connectivity index is 2.11. The van der Waals surface area contributed by atoms with Crippen LogP contribution < -0.4 is 10.6 Å². The molecule has 12 heavy (non-hydrogen) atoms. The first-order valence-electron chi connectivity index (χ1n) is 4.75. The third-order valence-corrected chi connectivity index (χ3v) is 3.44. The van der Waals surface area contributed by atoms with E-state index in [2.05, 4.69) is 24.5 Å². The number of carbonyl (C=O) groups is 1. The molecule has 1 saturated carbocycles. The third kappa shape index (κ3) is 1.08. The van der Waals surface area contributed by atoms with Crippen molar-refractivity contribution in [1.29, 1.82) is 0 Å². The van der Waals surface area contributed by atoms with Crippen LogP contribution in [0.15, 0.2) is 0 Å². The number of hydrogen-bond acceptors (Lipinski definition) is 1. The van der Waals surface area contributed by atoms with Gasteiger partial charge >= 0.3 is 6.03 Å². The van der Waals surface area contributed by atoms with Crippen LogP contribution >= 0.6 is 0 Å². The molecule has 1 saturated heterocycles. The van der Waals surface area contributed by atoms with Crippen LogP contribution in [0.25, 0.3) is 0 Å². The van der Waals surface area contributed by atoms with Crippen molar-refractivity contribution in [3.63, 3.8) is 0 Å². The molecule has 3 heteroatoms. The van der Waals surface area contributed by atoms with Crippen LogP contribution in [0.2, 0.25) is 0 Å². The van der Waals surface area contributed by atoms with Gasteiger partial charge in [0.15, 0.2) is 0 Å². The first-order valence-corrected chi connectivity index (χ1v) is 4.75. The number of fused-ring (bicyclic) bond motifs is 1. The summed E-state index contributed by atoms with van der Waals surface area (Å²) in [7, 11) is 0. The van der Waals surface area contributed by atoms with Crippen LogP contribution in [0.1, 0.15) is 26.7 Å². The molecule has 68 valence electrons. The van der Waals surface area contributed by atoms with E-state index in [9.17, 15) is 4.79 Å². The van der Waals surface area contributed by atoms with Gasteiger partial charge in [-0.2, -0.15) is 0 Å². The zero-order valence-electron chi connectivity index (χ0n) is 7.63. The number of urea groups is 1. The highest BCUT2D eigenvalue weighted by Gasteiger charge is 2.40. The number of amides is 2. The van der Waals surface area contributed by atoms with E-state index in [0.717, 1.165) is 12.3 Å². The van der Waals surface area contributed by atoms with E-state index < -0.39 is 0 Å². The average Bonchev–Trinajstić information content (AvgIpc) is 2.39. The maximum absolute atomic E-state index is 11.0. The quantitative estimate of drug-likeness (QED) is 0.559. The molecule has 2 fully saturated rings. The summed E-state index contributed by atoms with van der Waals surface area (Å²) in [5.41, 5.74) is 0. The minimum Gasteiger partial charge on any atom is -0.333 e. The van der Waals surface area contributed by atoms with Gasteiger partial charge in [-0.3, -0.25) is 0 Å². The number of rotatable bonds is 0. The van der Waals surface area contributed by atoms with E-state index in [1.54, 1.807) is 0 Å². The molecule has 2 amide bonds. The maximum atomic E-state index is 11.0. The van der Waals surface area contributed by atoms with E-state index >= 15 is 0 Å². The number of nitrogens with one attached hydrogen (secondary N) is 2. The minimum absolute atomic E-state index is 0.0194. The van der Waals surface area contributed by atoms with Gasteiger partial charge in [-0.15, -0.1) is 0 Å². The largest absolute Gasteiger partial charge is 0.333 e. The van der Waals surface area contributed by atoms with Gasteiger partial charge in [-0.25, -0.2) is 4.79 Å². The Morgan fingerprint density at radius 1 is 1.25 bits per heavy atom. The van der Waals surface area contributed by atoms with Gasteiger partial charge in [-0.1, -0.05) is 13.8 Å². The summed E-state index contributed by atoms with van der Waals surface area (Å²) in [4.78, 5) is 11.0. The molecule has 2 N–H and O–H groups in total. The first kappa shape index (κ1) is 7.90. The lowest BCUT2D eigenvalue weighted by atomic mass is 9.76. The standard InChI is InChI=1S/C9H16N2O/c1-5-3-4-7-8(6(5)2)11-9(12)10-7/h5-8H,3-4H2,1-2H3,(H2,10,11,12). The Hall–Kier alpha value is -0.730. The molecule has 1 aliphatic carbocycles. The second-order valence-electron chi connectivity index (χ2n) is 4.16. The van der Waals surface area contributed by atoms with E-state index in [1.807, 2.05) is 0 Å². The molecular formula is C9H16N2O. The molecule has 1 heterocycles. The highest BCUT2D eigenvalue weighted by Crippen LogP contribution is 2.31. The Labute approximate surface area is 72.9 Å². The Morgan fingerprint density at radius 2 is 2.00 bits per heavy atom. The lowest BCUT2D eigenvalue weighted by molar-refractivity contribution is 0.207. The van der Waals surface area contributed by atoms with Crippen molar-refractivity contribution in [2.24, 2.45) is 11.8 Å². The van der Waals surface area contributed by atoms with Crippen molar-refractivity contribution in [2.75, 3.05) is 0 Å². The molecule has 4 unspecified atom stereocenters. The highest BCUT2D eigenvalue weighted by atomic mass is 16.2. The smallest absolute Gasteiger partial charge is 0.315 e. The van der Waals surface area contributed by atoms with Gasteiger partial charge in [0, 0.05) is 0 Å².